The van der Waals surface area contributed by atoms with Gasteiger partial charge in [-0.15, -0.1) is 0 Å². The number of unbranched alkanes of at least 4 members (excludes halogenated alkanes) is 13. The maximum absolute atomic E-state index is 10.5. The highest BCUT2D eigenvalue weighted by molar-refractivity contribution is 5.94. The molecule has 0 spiro atoms. The standard InChI is InChI=1S/C25H46N2O3/c1-2-3-4-5-6-7-8-9-10-11-12-13-14-15-16-17-24-26-19-20-27(24)21-23-30-22-18-25(28)29/h16-17H,2-15,18-23H2,1H3,(H,28,29). The lowest BCUT2D eigenvalue weighted by Gasteiger charge is -2.18. The summed E-state index contributed by atoms with van der Waals surface area (Å²) in [5.74, 6) is 0.237. The second-order valence-corrected chi connectivity index (χ2v) is 8.42. The molecule has 5 heteroatoms. The van der Waals surface area contributed by atoms with Gasteiger partial charge in [0.1, 0.15) is 5.84 Å². The highest BCUT2D eigenvalue weighted by Crippen LogP contribution is 2.13. The van der Waals surface area contributed by atoms with Crippen molar-refractivity contribution in [3.8, 4) is 0 Å². The Labute approximate surface area is 185 Å². The van der Waals surface area contributed by atoms with Crippen LogP contribution in [0.15, 0.2) is 17.1 Å². The van der Waals surface area contributed by atoms with Crippen LogP contribution in [0.4, 0.5) is 0 Å². The molecule has 0 amide bonds. The fraction of sp³-hybridized carbons (Fsp3) is 0.840. The molecule has 0 aromatic carbocycles. The first-order chi connectivity index (χ1) is 14.7. The molecular formula is C25H46N2O3. The van der Waals surface area contributed by atoms with E-state index in [2.05, 4.69) is 29.0 Å². The molecule has 0 radical (unpaired) electrons. The van der Waals surface area contributed by atoms with Crippen LogP contribution in [0.25, 0.3) is 0 Å². The zero-order chi connectivity index (χ0) is 21.7. The number of carbonyl (C=O) groups is 1. The lowest BCUT2D eigenvalue weighted by atomic mass is 10.0. The fourth-order valence-electron chi connectivity index (χ4n) is 3.79. The number of rotatable bonds is 21. The molecule has 1 aliphatic heterocycles. The normalized spacial score (nSPS) is 14.0. The molecule has 0 aromatic heterocycles. The molecule has 5 nitrogen and oxygen atoms in total. The summed E-state index contributed by atoms with van der Waals surface area (Å²) in [6.07, 6.45) is 23.7. The van der Waals surface area contributed by atoms with Gasteiger partial charge in [0.25, 0.3) is 0 Å². The largest absolute Gasteiger partial charge is 0.481 e. The van der Waals surface area contributed by atoms with Gasteiger partial charge in [0.15, 0.2) is 0 Å². The number of carboxylic acids is 1. The van der Waals surface area contributed by atoms with Gasteiger partial charge in [-0.05, 0) is 18.9 Å². The van der Waals surface area contributed by atoms with Crippen LogP contribution in [0, 0.1) is 0 Å². The molecule has 1 heterocycles. The fourth-order valence-corrected chi connectivity index (χ4v) is 3.79. The van der Waals surface area contributed by atoms with Gasteiger partial charge >= 0.3 is 5.97 Å². The lowest BCUT2D eigenvalue weighted by Crippen LogP contribution is -2.30. The summed E-state index contributed by atoms with van der Waals surface area (Å²) in [5, 5.41) is 8.61. The SMILES string of the molecule is CCCCCCCCCCCCCCCC=CC1=NCCN1CCOCCC(=O)O. The van der Waals surface area contributed by atoms with Crippen molar-refractivity contribution < 1.29 is 14.6 Å². The molecule has 1 aliphatic rings. The number of carboxylic acid groups (broad SMARTS) is 1. The van der Waals surface area contributed by atoms with E-state index in [0.29, 0.717) is 6.61 Å². The summed E-state index contributed by atoms with van der Waals surface area (Å²) >= 11 is 0. The van der Waals surface area contributed by atoms with Gasteiger partial charge in [-0.3, -0.25) is 9.79 Å². The number of ether oxygens (including phenoxy) is 1. The van der Waals surface area contributed by atoms with Crippen LogP contribution in [0.2, 0.25) is 0 Å². The Morgan fingerprint density at radius 2 is 1.57 bits per heavy atom. The van der Waals surface area contributed by atoms with Crippen molar-refractivity contribution in [1.82, 2.24) is 4.90 Å². The molecule has 0 aliphatic carbocycles. The molecule has 0 saturated heterocycles. The molecule has 30 heavy (non-hydrogen) atoms. The van der Waals surface area contributed by atoms with E-state index in [1.807, 2.05) is 0 Å². The second-order valence-electron chi connectivity index (χ2n) is 8.42. The van der Waals surface area contributed by atoms with Crippen molar-refractivity contribution in [2.45, 2.75) is 103 Å². The average Bonchev–Trinajstić information content (AvgIpc) is 3.17. The Balaban J connectivity index is 1.90. The van der Waals surface area contributed by atoms with E-state index < -0.39 is 5.97 Å². The van der Waals surface area contributed by atoms with E-state index in [1.165, 1.54) is 83.5 Å². The number of aliphatic carboxylic acids is 1. The number of aliphatic imine (C=N–C) groups is 1. The maximum atomic E-state index is 10.5. The number of nitrogens with zero attached hydrogens (tertiary/aromatic N) is 2. The third-order valence-electron chi connectivity index (χ3n) is 5.67. The predicted molar refractivity (Wildman–Crippen MR) is 126 cm³/mol. The zero-order valence-corrected chi connectivity index (χ0v) is 19.5. The summed E-state index contributed by atoms with van der Waals surface area (Å²) in [6, 6.07) is 0. The Morgan fingerprint density at radius 3 is 2.17 bits per heavy atom. The zero-order valence-electron chi connectivity index (χ0n) is 19.5. The summed E-state index contributed by atoms with van der Waals surface area (Å²) in [5.41, 5.74) is 0. The maximum Gasteiger partial charge on any atom is 0.305 e. The minimum atomic E-state index is -0.811. The summed E-state index contributed by atoms with van der Waals surface area (Å²) < 4.78 is 5.38. The molecule has 0 aromatic rings. The van der Waals surface area contributed by atoms with E-state index in [9.17, 15) is 4.79 Å². The number of hydrogen-bond acceptors (Lipinski definition) is 4. The van der Waals surface area contributed by atoms with Crippen LogP contribution in [-0.4, -0.2) is 54.7 Å². The van der Waals surface area contributed by atoms with Crippen molar-refractivity contribution in [2.75, 3.05) is 32.8 Å². The van der Waals surface area contributed by atoms with Gasteiger partial charge in [0.2, 0.25) is 0 Å². The van der Waals surface area contributed by atoms with Crippen molar-refractivity contribution >= 4 is 11.8 Å². The van der Waals surface area contributed by atoms with Crippen LogP contribution < -0.4 is 0 Å². The van der Waals surface area contributed by atoms with Gasteiger partial charge in [-0.1, -0.05) is 90.0 Å². The van der Waals surface area contributed by atoms with Crippen LogP contribution in [0.5, 0.6) is 0 Å². The summed E-state index contributed by atoms with van der Waals surface area (Å²) in [4.78, 5) is 17.2. The quantitative estimate of drug-likeness (QED) is 0.223. The summed E-state index contributed by atoms with van der Waals surface area (Å²) in [7, 11) is 0. The van der Waals surface area contributed by atoms with Crippen LogP contribution in [0.3, 0.4) is 0 Å². The van der Waals surface area contributed by atoms with Gasteiger partial charge in [-0.25, -0.2) is 0 Å². The Hall–Kier alpha value is -1.36. The molecule has 0 unspecified atom stereocenters. The van der Waals surface area contributed by atoms with Crippen LogP contribution >= 0.6 is 0 Å². The van der Waals surface area contributed by atoms with Crippen LogP contribution in [-0.2, 0) is 9.53 Å². The van der Waals surface area contributed by atoms with Crippen molar-refractivity contribution in [1.29, 1.82) is 0 Å². The molecule has 0 saturated carbocycles. The second kappa shape index (κ2) is 19.6. The summed E-state index contributed by atoms with van der Waals surface area (Å²) in [6.45, 7) is 5.67. The van der Waals surface area contributed by atoms with E-state index in [0.717, 1.165) is 31.9 Å². The van der Waals surface area contributed by atoms with Crippen LogP contribution in [0.1, 0.15) is 103 Å². The highest BCUT2D eigenvalue weighted by Gasteiger charge is 2.13. The minimum absolute atomic E-state index is 0.0694. The van der Waals surface area contributed by atoms with Crippen molar-refractivity contribution in [3.05, 3.63) is 12.2 Å². The third kappa shape index (κ3) is 15.5. The Morgan fingerprint density at radius 1 is 0.967 bits per heavy atom. The first-order valence-electron chi connectivity index (χ1n) is 12.5. The number of allylic oxidation sites excluding steroid dienone is 1. The van der Waals surface area contributed by atoms with Gasteiger partial charge < -0.3 is 14.7 Å². The van der Waals surface area contributed by atoms with E-state index >= 15 is 0 Å². The van der Waals surface area contributed by atoms with Gasteiger partial charge in [0, 0.05) is 13.1 Å². The topological polar surface area (TPSA) is 62.1 Å². The molecular weight excluding hydrogens is 376 g/mol. The van der Waals surface area contributed by atoms with E-state index in [1.54, 1.807) is 0 Å². The first-order valence-corrected chi connectivity index (χ1v) is 12.5. The highest BCUT2D eigenvalue weighted by atomic mass is 16.5. The van der Waals surface area contributed by atoms with Crippen molar-refractivity contribution in [2.24, 2.45) is 4.99 Å². The number of amidine groups is 1. The molecule has 0 fully saturated rings. The molecule has 1 N–H and O–H groups in total. The molecule has 174 valence electrons. The molecule has 0 bridgehead atoms. The van der Waals surface area contributed by atoms with Crippen molar-refractivity contribution in [3.63, 3.8) is 0 Å². The molecule has 1 rings (SSSR count). The number of hydrogen-bond donors (Lipinski definition) is 1. The smallest absolute Gasteiger partial charge is 0.305 e. The average molecular weight is 423 g/mol. The van der Waals surface area contributed by atoms with Gasteiger partial charge in [-0.2, -0.15) is 0 Å². The van der Waals surface area contributed by atoms with Gasteiger partial charge in [0.05, 0.1) is 26.2 Å². The first kappa shape index (κ1) is 26.7. The lowest BCUT2D eigenvalue weighted by molar-refractivity contribution is -0.138. The monoisotopic (exact) mass is 422 g/mol. The Bertz CT molecular complexity index is 477. The third-order valence-corrected chi connectivity index (χ3v) is 5.67. The van der Waals surface area contributed by atoms with E-state index in [-0.39, 0.29) is 13.0 Å². The van der Waals surface area contributed by atoms with E-state index in [4.69, 9.17) is 9.84 Å². The minimum Gasteiger partial charge on any atom is -0.481 e. The molecule has 0 atom stereocenters. The predicted octanol–water partition coefficient (Wildman–Crippen LogP) is 6.23. The Kier molecular flexibility index (Phi) is 17.4.